The Bertz CT molecular complexity index is 1030. The van der Waals surface area contributed by atoms with E-state index in [0.717, 1.165) is 28.2 Å². The molecule has 0 aliphatic heterocycles. The zero-order valence-electron chi connectivity index (χ0n) is 15.7. The average Bonchev–Trinajstić information content (AvgIpc) is 2.79. The molecule has 0 fully saturated rings. The lowest BCUT2D eigenvalue weighted by Crippen LogP contribution is -2.23. The number of amides is 1. The molecule has 5 heteroatoms. The van der Waals surface area contributed by atoms with Gasteiger partial charge in [0.05, 0.1) is 17.9 Å². The van der Waals surface area contributed by atoms with Crippen LogP contribution >= 0.6 is 0 Å². The molecule has 0 unspecified atom stereocenters. The van der Waals surface area contributed by atoms with Gasteiger partial charge in [0.2, 0.25) is 11.9 Å². The fourth-order valence-corrected chi connectivity index (χ4v) is 2.92. The predicted molar refractivity (Wildman–Crippen MR) is 116 cm³/mol. The van der Waals surface area contributed by atoms with Crippen LogP contribution in [0.1, 0.15) is 0 Å². The summed E-state index contributed by atoms with van der Waals surface area (Å²) < 4.78 is 0. The normalized spacial score (nSPS) is 10.3. The third-order valence-electron chi connectivity index (χ3n) is 4.34. The Hall–Kier alpha value is -3.99. The molecular formula is C24H20N4O. The van der Waals surface area contributed by atoms with Crippen LogP contribution in [0.2, 0.25) is 0 Å². The van der Waals surface area contributed by atoms with E-state index < -0.39 is 0 Å². The summed E-state index contributed by atoms with van der Waals surface area (Å²) in [5, 5.41) is 5.90. The van der Waals surface area contributed by atoms with Gasteiger partial charge in [-0.1, -0.05) is 78.9 Å². The molecule has 3 aromatic carbocycles. The summed E-state index contributed by atoms with van der Waals surface area (Å²) >= 11 is 0. The van der Waals surface area contributed by atoms with Crippen molar-refractivity contribution in [2.75, 3.05) is 17.2 Å². The number of rotatable bonds is 6. The van der Waals surface area contributed by atoms with E-state index in [0.29, 0.717) is 0 Å². The van der Waals surface area contributed by atoms with Gasteiger partial charge >= 0.3 is 0 Å². The SMILES string of the molecule is O=C(CNc1ccccc1)Nc1nc(-c2ccccc2)cc(-c2ccccc2)n1. The maximum absolute atomic E-state index is 12.4. The van der Waals surface area contributed by atoms with Crippen molar-refractivity contribution in [1.29, 1.82) is 0 Å². The summed E-state index contributed by atoms with van der Waals surface area (Å²) in [6, 6.07) is 31.2. The summed E-state index contributed by atoms with van der Waals surface area (Å²) in [6.07, 6.45) is 0. The molecular weight excluding hydrogens is 360 g/mol. The molecule has 1 amide bonds. The third-order valence-corrected chi connectivity index (χ3v) is 4.34. The molecule has 4 aromatic rings. The lowest BCUT2D eigenvalue weighted by molar-refractivity contribution is -0.114. The zero-order chi connectivity index (χ0) is 19.9. The van der Waals surface area contributed by atoms with Crippen LogP contribution in [0.25, 0.3) is 22.5 Å². The lowest BCUT2D eigenvalue weighted by Gasteiger charge is -2.10. The Labute approximate surface area is 169 Å². The summed E-state index contributed by atoms with van der Waals surface area (Å²) in [4.78, 5) is 21.5. The number of nitrogens with zero attached hydrogens (tertiary/aromatic N) is 2. The summed E-state index contributed by atoms with van der Waals surface area (Å²) in [6.45, 7) is 0.129. The number of aromatic nitrogens is 2. The van der Waals surface area contributed by atoms with Gasteiger partial charge in [0.1, 0.15) is 0 Å². The van der Waals surface area contributed by atoms with Gasteiger partial charge in [0.25, 0.3) is 0 Å². The van der Waals surface area contributed by atoms with E-state index in [1.54, 1.807) is 0 Å². The fourth-order valence-electron chi connectivity index (χ4n) is 2.92. The minimum atomic E-state index is -0.210. The van der Waals surface area contributed by atoms with Crippen molar-refractivity contribution in [1.82, 2.24) is 9.97 Å². The van der Waals surface area contributed by atoms with E-state index in [4.69, 9.17) is 0 Å². The highest BCUT2D eigenvalue weighted by Gasteiger charge is 2.11. The monoisotopic (exact) mass is 380 g/mol. The number of carbonyl (C=O) groups excluding carboxylic acids is 1. The molecule has 0 saturated carbocycles. The molecule has 0 spiro atoms. The summed E-state index contributed by atoms with van der Waals surface area (Å²) in [5.74, 6) is 0.0724. The highest BCUT2D eigenvalue weighted by atomic mass is 16.2. The van der Waals surface area contributed by atoms with Crippen molar-refractivity contribution in [3.63, 3.8) is 0 Å². The highest BCUT2D eigenvalue weighted by molar-refractivity contribution is 5.92. The Morgan fingerprint density at radius 3 is 1.69 bits per heavy atom. The van der Waals surface area contributed by atoms with Crippen LogP contribution in [0.4, 0.5) is 11.6 Å². The molecule has 0 bridgehead atoms. The van der Waals surface area contributed by atoms with Gasteiger partial charge in [0, 0.05) is 16.8 Å². The zero-order valence-corrected chi connectivity index (χ0v) is 15.7. The van der Waals surface area contributed by atoms with E-state index in [-0.39, 0.29) is 18.4 Å². The number of nitrogens with one attached hydrogen (secondary N) is 2. The first-order chi connectivity index (χ1) is 14.3. The lowest BCUT2D eigenvalue weighted by atomic mass is 10.1. The van der Waals surface area contributed by atoms with E-state index in [9.17, 15) is 4.79 Å². The number of para-hydroxylation sites is 1. The molecule has 0 aliphatic rings. The van der Waals surface area contributed by atoms with E-state index in [2.05, 4.69) is 20.6 Å². The molecule has 5 nitrogen and oxygen atoms in total. The maximum atomic E-state index is 12.4. The number of hydrogen-bond donors (Lipinski definition) is 2. The summed E-state index contributed by atoms with van der Waals surface area (Å²) in [7, 11) is 0. The van der Waals surface area contributed by atoms with Crippen molar-refractivity contribution in [2.45, 2.75) is 0 Å². The van der Waals surface area contributed by atoms with Crippen molar-refractivity contribution in [2.24, 2.45) is 0 Å². The Morgan fingerprint density at radius 1 is 0.690 bits per heavy atom. The Morgan fingerprint density at radius 2 is 1.17 bits per heavy atom. The molecule has 1 heterocycles. The number of anilines is 2. The molecule has 1 aromatic heterocycles. The maximum Gasteiger partial charge on any atom is 0.246 e. The van der Waals surface area contributed by atoms with Crippen molar-refractivity contribution < 1.29 is 4.79 Å². The molecule has 0 atom stereocenters. The number of hydrogen-bond acceptors (Lipinski definition) is 4. The second-order valence-corrected chi connectivity index (χ2v) is 6.46. The van der Waals surface area contributed by atoms with Gasteiger partial charge < -0.3 is 5.32 Å². The van der Waals surface area contributed by atoms with Gasteiger partial charge in [0.15, 0.2) is 0 Å². The topological polar surface area (TPSA) is 66.9 Å². The van der Waals surface area contributed by atoms with Gasteiger partial charge in [-0.3, -0.25) is 10.1 Å². The highest BCUT2D eigenvalue weighted by Crippen LogP contribution is 2.25. The minimum Gasteiger partial charge on any atom is -0.376 e. The van der Waals surface area contributed by atoms with E-state index in [1.165, 1.54) is 0 Å². The molecule has 2 N–H and O–H groups in total. The average molecular weight is 380 g/mol. The number of carbonyl (C=O) groups is 1. The van der Waals surface area contributed by atoms with Crippen LogP contribution in [0, 0.1) is 0 Å². The van der Waals surface area contributed by atoms with Gasteiger partial charge in [-0.25, -0.2) is 9.97 Å². The van der Waals surface area contributed by atoms with Crippen molar-refractivity contribution >= 4 is 17.5 Å². The van der Waals surface area contributed by atoms with Crippen LogP contribution in [0.5, 0.6) is 0 Å². The second-order valence-electron chi connectivity index (χ2n) is 6.46. The molecule has 0 radical (unpaired) electrons. The summed E-state index contributed by atoms with van der Waals surface area (Å²) in [5.41, 5.74) is 4.32. The minimum absolute atomic E-state index is 0.129. The third kappa shape index (κ3) is 4.84. The van der Waals surface area contributed by atoms with Crippen molar-refractivity contribution in [3.05, 3.63) is 97.1 Å². The van der Waals surface area contributed by atoms with Gasteiger partial charge in [-0.15, -0.1) is 0 Å². The largest absolute Gasteiger partial charge is 0.376 e. The number of benzene rings is 3. The Kier molecular flexibility index (Phi) is 5.58. The van der Waals surface area contributed by atoms with Crippen LogP contribution < -0.4 is 10.6 Å². The van der Waals surface area contributed by atoms with E-state index in [1.807, 2.05) is 97.1 Å². The molecule has 142 valence electrons. The first kappa shape index (κ1) is 18.4. The standard InChI is InChI=1S/C24H20N4O/c29-23(17-25-20-14-8-3-9-15-20)28-24-26-21(18-10-4-1-5-11-18)16-22(27-24)19-12-6-2-7-13-19/h1-16,25H,17H2,(H,26,27,28,29). The molecule has 4 rings (SSSR count). The molecule has 29 heavy (non-hydrogen) atoms. The smallest absolute Gasteiger partial charge is 0.246 e. The quantitative estimate of drug-likeness (QED) is 0.501. The van der Waals surface area contributed by atoms with Gasteiger partial charge in [-0.2, -0.15) is 0 Å². The van der Waals surface area contributed by atoms with Crippen molar-refractivity contribution in [3.8, 4) is 22.5 Å². The van der Waals surface area contributed by atoms with Gasteiger partial charge in [-0.05, 0) is 18.2 Å². The van der Waals surface area contributed by atoms with Crippen LogP contribution in [0.3, 0.4) is 0 Å². The molecule has 0 aliphatic carbocycles. The Balaban J connectivity index is 1.59. The predicted octanol–water partition coefficient (Wildman–Crippen LogP) is 4.86. The van der Waals surface area contributed by atoms with E-state index >= 15 is 0 Å². The van der Waals surface area contributed by atoms with Crippen LogP contribution in [-0.4, -0.2) is 22.4 Å². The fraction of sp³-hybridized carbons (Fsp3) is 0.0417. The first-order valence-electron chi connectivity index (χ1n) is 9.37. The first-order valence-corrected chi connectivity index (χ1v) is 9.37. The van der Waals surface area contributed by atoms with Crippen LogP contribution in [0.15, 0.2) is 97.1 Å². The second kappa shape index (κ2) is 8.80. The molecule has 0 saturated heterocycles. The van der Waals surface area contributed by atoms with Crippen LogP contribution in [-0.2, 0) is 4.79 Å².